The van der Waals surface area contributed by atoms with E-state index in [4.69, 9.17) is 10.0 Å². The topological polar surface area (TPSA) is 46.1 Å². The van der Waals surface area contributed by atoms with Gasteiger partial charge in [-0.15, -0.1) is 0 Å². The second kappa shape index (κ2) is 5.40. The maximum Gasteiger partial charge on any atom is 2.00 e. The zero-order valence-electron chi connectivity index (χ0n) is 2.48. The van der Waals surface area contributed by atoms with Crippen LogP contribution in [-0.2, 0) is 0 Å². The average Bonchev–Trinajstić information content (AvgIpc) is 0.811. The van der Waals surface area contributed by atoms with Gasteiger partial charge in [-0.05, 0) is 0 Å². The van der Waals surface area contributed by atoms with Gasteiger partial charge in [0, 0.05) is 0 Å². The monoisotopic (exact) mass is 150 g/mol. The van der Waals surface area contributed by atoms with Gasteiger partial charge in [0.1, 0.15) is 7.40 Å². The fourth-order valence-electron chi connectivity index (χ4n) is 0. The SMILES string of the molecule is [O-]B([O-])F.[Sr+2]. The number of rotatable bonds is 0. The molecule has 0 fully saturated rings. The second-order valence-corrected chi connectivity index (χ2v) is 0.274. The third-order valence-corrected chi connectivity index (χ3v) is 0. The van der Waals surface area contributed by atoms with E-state index >= 15 is 0 Å². The minimum Gasteiger partial charge on any atom is -0.867 e. The van der Waals surface area contributed by atoms with Crippen molar-refractivity contribution in [2.75, 3.05) is 0 Å². The molecular formula is BFO2Sr. The van der Waals surface area contributed by atoms with E-state index in [1.165, 1.54) is 0 Å². The Labute approximate surface area is 66.5 Å². The quantitative estimate of drug-likeness (QED) is 0.352. The van der Waals surface area contributed by atoms with Gasteiger partial charge < -0.3 is 14.4 Å². The Morgan fingerprint density at radius 1 is 1.40 bits per heavy atom. The van der Waals surface area contributed by atoms with E-state index in [9.17, 15) is 4.32 Å². The smallest absolute Gasteiger partial charge is 0.867 e. The minimum absolute atomic E-state index is 0. The van der Waals surface area contributed by atoms with Crippen molar-refractivity contribution in [3.63, 3.8) is 0 Å². The summed E-state index contributed by atoms with van der Waals surface area (Å²) in [5.74, 6) is 0. The largest absolute Gasteiger partial charge is 2.00 e. The van der Waals surface area contributed by atoms with Gasteiger partial charge >= 0.3 is 45.5 Å². The Hall–Kier alpha value is 1.40. The summed E-state index contributed by atoms with van der Waals surface area (Å²) in [7, 11) is -3.17. The van der Waals surface area contributed by atoms with Crippen molar-refractivity contribution < 1.29 is 14.4 Å². The molecule has 0 saturated carbocycles. The van der Waals surface area contributed by atoms with Crippen molar-refractivity contribution in [3.05, 3.63) is 0 Å². The van der Waals surface area contributed by atoms with E-state index in [1.54, 1.807) is 0 Å². The van der Waals surface area contributed by atoms with Crippen LogP contribution in [0.1, 0.15) is 0 Å². The molecule has 5 heavy (non-hydrogen) atoms. The number of halogens is 1. The van der Waals surface area contributed by atoms with Crippen LogP contribution in [0, 0.1) is 0 Å². The first-order valence-electron chi connectivity index (χ1n) is 0.690. The predicted molar refractivity (Wildman–Crippen MR) is 12.6 cm³/mol. The van der Waals surface area contributed by atoms with Crippen LogP contribution in [-0.4, -0.2) is 52.9 Å². The third-order valence-electron chi connectivity index (χ3n) is 0. The normalized spacial score (nSPS) is 5.40. The van der Waals surface area contributed by atoms with Gasteiger partial charge in [-0.1, -0.05) is 0 Å². The fourth-order valence-corrected chi connectivity index (χ4v) is 0. The molecule has 0 aliphatic carbocycles. The summed E-state index contributed by atoms with van der Waals surface area (Å²) >= 11 is 0. The minimum atomic E-state index is -3.17. The molecule has 0 aliphatic rings. The zero-order valence-corrected chi connectivity index (χ0v) is 5.96. The molecular weight excluding hydrogens is 149 g/mol. The van der Waals surface area contributed by atoms with E-state index < -0.39 is 7.40 Å². The standard InChI is InChI=1S/BFO2.Sr/c2-1(3)4;/q-2;+2. The predicted octanol–water partition coefficient (Wildman–Crippen LogP) is -2.72. The van der Waals surface area contributed by atoms with Gasteiger partial charge in [0.25, 0.3) is 0 Å². The van der Waals surface area contributed by atoms with E-state index in [-0.39, 0.29) is 45.5 Å². The molecule has 0 unspecified atom stereocenters. The molecule has 5 heteroatoms. The van der Waals surface area contributed by atoms with Crippen LogP contribution in [0.25, 0.3) is 0 Å². The third kappa shape index (κ3) is 31.9. The van der Waals surface area contributed by atoms with Crippen molar-refractivity contribution in [2.45, 2.75) is 0 Å². The average molecular weight is 149 g/mol. The Balaban J connectivity index is 0. The molecule has 0 spiro atoms. The number of hydrogen-bond donors (Lipinski definition) is 0. The van der Waals surface area contributed by atoms with Gasteiger partial charge in [0.05, 0.1) is 0 Å². The van der Waals surface area contributed by atoms with Crippen molar-refractivity contribution in [2.24, 2.45) is 0 Å². The molecule has 2 nitrogen and oxygen atoms in total. The summed E-state index contributed by atoms with van der Waals surface area (Å²) in [6, 6.07) is 0. The maximum atomic E-state index is 9.89. The van der Waals surface area contributed by atoms with Crippen LogP contribution < -0.4 is 10.0 Å². The zero-order chi connectivity index (χ0) is 3.58. The van der Waals surface area contributed by atoms with E-state index in [0.717, 1.165) is 0 Å². The molecule has 0 bridgehead atoms. The first-order valence-corrected chi connectivity index (χ1v) is 0.690. The first-order chi connectivity index (χ1) is 1.73. The second-order valence-electron chi connectivity index (χ2n) is 0.274. The molecule has 0 heterocycles. The molecule has 0 aromatic heterocycles. The summed E-state index contributed by atoms with van der Waals surface area (Å²) in [5, 5.41) is 16.6. The van der Waals surface area contributed by atoms with Crippen LogP contribution in [0.5, 0.6) is 0 Å². The van der Waals surface area contributed by atoms with Crippen molar-refractivity contribution in [3.8, 4) is 0 Å². The molecule has 0 rings (SSSR count). The molecule has 0 aromatic rings. The van der Waals surface area contributed by atoms with Gasteiger partial charge in [-0.25, -0.2) is 0 Å². The molecule has 0 atom stereocenters. The van der Waals surface area contributed by atoms with Crippen LogP contribution in [0.3, 0.4) is 0 Å². The van der Waals surface area contributed by atoms with Gasteiger partial charge in [-0.2, -0.15) is 0 Å². The van der Waals surface area contributed by atoms with Crippen LogP contribution >= 0.6 is 0 Å². The summed E-state index contributed by atoms with van der Waals surface area (Å²) in [6.07, 6.45) is 0. The summed E-state index contributed by atoms with van der Waals surface area (Å²) in [6.45, 7) is 0. The van der Waals surface area contributed by atoms with Crippen molar-refractivity contribution in [1.29, 1.82) is 0 Å². The molecule has 0 radical (unpaired) electrons. The molecule has 0 N–H and O–H groups in total. The van der Waals surface area contributed by atoms with Crippen LogP contribution in [0.4, 0.5) is 4.32 Å². The van der Waals surface area contributed by atoms with Gasteiger partial charge in [0.2, 0.25) is 0 Å². The fraction of sp³-hybridized carbons (Fsp3) is 0. The van der Waals surface area contributed by atoms with Gasteiger partial charge in [0.15, 0.2) is 0 Å². The molecule has 0 aliphatic heterocycles. The molecule has 24 valence electrons. The van der Waals surface area contributed by atoms with Gasteiger partial charge in [-0.3, -0.25) is 0 Å². The van der Waals surface area contributed by atoms with Crippen molar-refractivity contribution in [1.82, 2.24) is 0 Å². The molecule has 0 saturated heterocycles. The van der Waals surface area contributed by atoms with E-state index in [2.05, 4.69) is 0 Å². The van der Waals surface area contributed by atoms with Crippen molar-refractivity contribution >= 4 is 52.9 Å². The molecule has 0 aromatic carbocycles. The van der Waals surface area contributed by atoms with E-state index in [0.29, 0.717) is 0 Å². The maximum absolute atomic E-state index is 9.89. The number of hydrogen-bond acceptors (Lipinski definition) is 2. The molecule has 0 amide bonds. The Morgan fingerprint density at radius 2 is 1.40 bits per heavy atom. The summed E-state index contributed by atoms with van der Waals surface area (Å²) in [4.78, 5) is 0. The Morgan fingerprint density at radius 3 is 1.40 bits per heavy atom. The summed E-state index contributed by atoms with van der Waals surface area (Å²) < 4.78 is 9.89. The summed E-state index contributed by atoms with van der Waals surface area (Å²) in [5.41, 5.74) is 0. The van der Waals surface area contributed by atoms with E-state index in [1.807, 2.05) is 0 Å². The Kier molecular flexibility index (Phi) is 10.4. The Bertz CT molecular complexity index is 14.4. The first kappa shape index (κ1) is 9.64. The van der Waals surface area contributed by atoms with Crippen LogP contribution in [0.15, 0.2) is 0 Å². The van der Waals surface area contributed by atoms with Crippen LogP contribution in [0.2, 0.25) is 0 Å².